The number of furan rings is 1. The number of ether oxygens (including phenoxy) is 2. The summed E-state index contributed by atoms with van der Waals surface area (Å²) in [4.78, 5) is 32.8. The Bertz CT molecular complexity index is 1210. The van der Waals surface area contributed by atoms with Crippen LogP contribution < -0.4 is 9.47 Å². The van der Waals surface area contributed by atoms with E-state index >= 15 is 0 Å². The van der Waals surface area contributed by atoms with E-state index in [0.717, 1.165) is 5.01 Å². The number of ketones is 1. The van der Waals surface area contributed by atoms with Crippen LogP contribution >= 0.6 is 11.3 Å². The minimum atomic E-state index is -0.886. The number of aryl methyl sites for hydroxylation is 2. The number of nitrogens with zero attached hydrogens (tertiary/aromatic N) is 2. The highest BCUT2D eigenvalue weighted by atomic mass is 32.1. The number of aliphatic hydroxyl groups excluding tert-OH is 1. The van der Waals surface area contributed by atoms with Gasteiger partial charge >= 0.3 is 0 Å². The molecule has 166 valence electrons. The molecule has 0 fully saturated rings. The van der Waals surface area contributed by atoms with Gasteiger partial charge in [0.1, 0.15) is 17.3 Å². The summed E-state index contributed by atoms with van der Waals surface area (Å²) >= 11 is 1.23. The number of hydrogen-bond acceptors (Lipinski definition) is 8. The zero-order chi connectivity index (χ0) is 23.0. The Labute approximate surface area is 188 Å². The van der Waals surface area contributed by atoms with Crippen molar-refractivity contribution in [3.63, 3.8) is 0 Å². The molecule has 1 atom stereocenters. The van der Waals surface area contributed by atoms with Crippen LogP contribution in [0, 0.1) is 13.8 Å². The Morgan fingerprint density at radius 3 is 2.62 bits per heavy atom. The van der Waals surface area contributed by atoms with Crippen molar-refractivity contribution >= 4 is 23.0 Å². The summed E-state index contributed by atoms with van der Waals surface area (Å²) in [5, 5.41) is 11.6. The van der Waals surface area contributed by atoms with Crippen LogP contribution in [-0.4, -0.2) is 40.9 Å². The number of methoxy groups -OCH3 is 2. The van der Waals surface area contributed by atoms with Crippen LogP contribution in [0.3, 0.4) is 0 Å². The molecule has 1 N–H and O–H groups in total. The van der Waals surface area contributed by atoms with E-state index in [1.807, 2.05) is 0 Å². The van der Waals surface area contributed by atoms with Gasteiger partial charge in [-0.3, -0.25) is 9.59 Å². The molecule has 9 heteroatoms. The Morgan fingerprint density at radius 1 is 1.25 bits per heavy atom. The molecule has 1 aliphatic rings. The minimum Gasteiger partial charge on any atom is -0.503 e. The van der Waals surface area contributed by atoms with E-state index in [1.165, 1.54) is 36.7 Å². The van der Waals surface area contributed by atoms with E-state index in [0.29, 0.717) is 33.4 Å². The second-order valence-electron chi connectivity index (χ2n) is 7.26. The van der Waals surface area contributed by atoms with Gasteiger partial charge in [0.05, 0.1) is 54.2 Å². The summed E-state index contributed by atoms with van der Waals surface area (Å²) in [7, 11) is 3.03. The summed E-state index contributed by atoms with van der Waals surface area (Å²) in [6.07, 6.45) is 1.50. The van der Waals surface area contributed by atoms with Crippen molar-refractivity contribution in [2.45, 2.75) is 26.4 Å². The van der Waals surface area contributed by atoms with Crippen molar-refractivity contribution < 1.29 is 28.6 Å². The van der Waals surface area contributed by atoms with Gasteiger partial charge in [0.2, 0.25) is 5.78 Å². The number of aromatic nitrogens is 1. The molecule has 0 saturated heterocycles. The minimum absolute atomic E-state index is 0.0169. The summed E-state index contributed by atoms with van der Waals surface area (Å²) in [6.45, 7) is 3.59. The molecule has 1 aromatic carbocycles. The third kappa shape index (κ3) is 3.64. The maximum absolute atomic E-state index is 13.6. The van der Waals surface area contributed by atoms with Crippen LogP contribution in [0.5, 0.6) is 11.5 Å². The van der Waals surface area contributed by atoms with Gasteiger partial charge in [0.15, 0.2) is 5.76 Å². The first-order valence-corrected chi connectivity index (χ1v) is 10.6. The number of carbonyl (C=O) groups is 2. The quantitative estimate of drug-likeness (QED) is 0.535. The Morgan fingerprint density at radius 2 is 2.03 bits per heavy atom. The van der Waals surface area contributed by atoms with Crippen molar-refractivity contribution in [2.24, 2.45) is 0 Å². The first kappa shape index (κ1) is 21.6. The molecule has 0 spiro atoms. The second-order valence-corrected chi connectivity index (χ2v) is 8.46. The van der Waals surface area contributed by atoms with Crippen LogP contribution in [0.4, 0.5) is 0 Å². The number of amides is 1. The predicted octanol–water partition coefficient (Wildman–Crippen LogP) is 4.15. The number of aliphatic hydroxyl groups is 1. The molecule has 1 amide bonds. The van der Waals surface area contributed by atoms with E-state index < -0.39 is 23.5 Å². The zero-order valence-corrected chi connectivity index (χ0v) is 18.9. The number of hydrogen-bond donors (Lipinski definition) is 1. The lowest BCUT2D eigenvalue weighted by atomic mass is 9.94. The summed E-state index contributed by atoms with van der Waals surface area (Å²) in [6, 6.07) is 7.66. The number of carbonyl (C=O) groups excluding carboxylic acids is 2. The molecule has 32 heavy (non-hydrogen) atoms. The van der Waals surface area contributed by atoms with Gasteiger partial charge in [-0.25, -0.2) is 4.98 Å². The van der Waals surface area contributed by atoms with E-state index in [1.54, 1.807) is 44.2 Å². The molecule has 3 aromatic rings. The lowest BCUT2D eigenvalue weighted by molar-refractivity contribution is -0.130. The number of benzene rings is 1. The van der Waals surface area contributed by atoms with Crippen LogP contribution in [0.25, 0.3) is 0 Å². The smallest absolute Gasteiger partial charge is 0.290 e. The molecule has 0 radical (unpaired) electrons. The Kier molecular flexibility index (Phi) is 5.75. The fourth-order valence-electron chi connectivity index (χ4n) is 3.85. The summed E-state index contributed by atoms with van der Waals surface area (Å²) in [5.74, 6) is -0.196. The van der Waals surface area contributed by atoms with E-state index in [-0.39, 0.29) is 12.1 Å². The fraction of sp³-hybridized carbons (Fsp3) is 0.261. The van der Waals surface area contributed by atoms with E-state index in [4.69, 9.17) is 13.9 Å². The molecular weight excluding hydrogens is 432 g/mol. The fourth-order valence-corrected chi connectivity index (χ4v) is 4.73. The third-order valence-corrected chi connectivity index (χ3v) is 6.37. The molecule has 8 nitrogen and oxygen atoms in total. The largest absolute Gasteiger partial charge is 0.503 e. The Hall–Kier alpha value is -3.59. The first-order chi connectivity index (χ1) is 15.3. The number of rotatable bonds is 7. The van der Waals surface area contributed by atoms with Gasteiger partial charge in [-0.2, -0.15) is 0 Å². The molecule has 0 aliphatic carbocycles. The van der Waals surface area contributed by atoms with Crippen molar-refractivity contribution in [3.8, 4) is 11.5 Å². The molecule has 1 aliphatic heterocycles. The highest BCUT2D eigenvalue weighted by Gasteiger charge is 2.45. The SMILES string of the molecule is COc1ccc(C2C(C(=O)c3sc(C)nc3C)=C(O)C(=O)N2Cc2ccco2)c(OC)c1. The van der Waals surface area contributed by atoms with Gasteiger partial charge in [-0.1, -0.05) is 0 Å². The molecule has 0 bridgehead atoms. The van der Waals surface area contributed by atoms with Gasteiger partial charge in [-0.15, -0.1) is 11.3 Å². The lowest BCUT2D eigenvalue weighted by Gasteiger charge is -2.27. The monoisotopic (exact) mass is 454 g/mol. The average Bonchev–Trinajstić information content (AvgIpc) is 3.48. The van der Waals surface area contributed by atoms with Crippen LogP contribution in [-0.2, 0) is 11.3 Å². The third-order valence-electron chi connectivity index (χ3n) is 5.30. The highest BCUT2D eigenvalue weighted by molar-refractivity contribution is 7.14. The Balaban J connectivity index is 1.87. The van der Waals surface area contributed by atoms with E-state index in [9.17, 15) is 14.7 Å². The highest BCUT2D eigenvalue weighted by Crippen LogP contribution is 2.44. The van der Waals surface area contributed by atoms with Gasteiger partial charge in [0.25, 0.3) is 5.91 Å². The first-order valence-electron chi connectivity index (χ1n) is 9.82. The molecular formula is C23H22N2O6S. The normalized spacial score (nSPS) is 16.1. The zero-order valence-electron chi connectivity index (χ0n) is 18.0. The van der Waals surface area contributed by atoms with Gasteiger partial charge < -0.3 is 23.9 Å². The average molecular weight is 455 g/mol. The maximum Gasteiger partial charge on any atom is 0.290 e. The van der Waals surface area contributed by atoms with Crippen molar-refractivity contribution in [1.82, 2.24) is 9.88 Å². The summed E-state index contributed by atoms with van der Waals surface area (Å²) < 4.78 is 16.3. The van der Waals surface area contributed by atoms with Crippen LogP contribution in [0.2, 0.25) is 0 Å². The standard InChI is InChI=1S/C23H22N2O6S/c1-12-22(32-13(2)24-12)20(26)18-19(16-8-7-14(29-3)10-17(16)30-4)25(23(28)21(18)27)11-15-6-5-9-31-15/h5-10,19,27H,11H2,1-4H3. The van der Waals surface area contributed by atoms with Gasteiger partial charge in [-0.05, 0) is 38.1 Å². The topological polar surface area (TPSA) is 102 Å². The van der Waals surface area contributed by atoms with Crippen molar-refractivity contribution in [1.29, 1.82) is 0 Å². The van der Waals surface area contributed by atoms with Crippen LogP contribution in [0.15, 0.2) is 52.3 Å². The lowest BCUT2D eigenvalue weighted by Crippen LogP contribution is -2.30. The summed E-state index contributed by atoms with van der Waals surface area (Å²) in [5.41, 5.74) is 1.08. The predicted molar refractivity (Wildman–Crippen MR) is 117 cm³/mol. The second kappa shape index (κ2) is 8.51. The van der Waals surface area contributed by atoms with Gasteiger partial charge in [0, 0.05) is 11.6 Å². The molecule has 3 heterocycles. The molecule has 4 rings (SSSR count). The van der Waals surface area contributed by atoms with Crippen molar-refractivity contribution in [2.75, 3.05) is 14.2 Å². The van der Waals surface area contributed by atoms with Crippen molar-refractivity contribution in [3.05, 3.63) is 74.8 Å². The van der Waals surface area contributed by atoms with Crippen LogP contribution in [0.1, 0.15) is 37.7 Å². The number of Topliss-reactive ketones (excluding diaryl/α,β-unsaturated/α-hetero) is 1. The molecule has 2 aromatic heterocycles. The number of thiazole rings is 1. The maximum atomic E-state index is 13.6. The molecule has 0 saturated carbocycles. The van der Waals surface area contributed by atoms with E-state index in [2.05, 4.69) is 4.98 Å². The molecule has 1 unspecified atom stereocenters.